The number of carbonyl (C=O) groups is 1. The van der Waals surface area contributed by atoms with E-state index in [1.165, 1.54) is 17.0 Å². The number of para-hydroxylation sites is 2. The number of hydrogen-bond donors (Lipinski definition) is 0. The summed E-state index contributed by atoms with van der Waals surface area (Å²) in [4.78, 5) is 18.4. The third-order valence-corrected chi connectivity index (χ3v) is 7.21. The number of anilines is 1. The molecule has 0 atom stereocenters. The lowest BCUT2D eigenvalue weighted by Crippen LogP contribution is -2.50. The van der Waals surface area contributed by atoms with E-state index in [-0.39, 0.29) is 17.3 Å². The quantitative estimate of drug-likeness (QED) is 0.555. The standard InChI is InChI=1S/C25H25FN2O2S/c26-20-9-7-19(8-10-20)24(29)27-14-11-25(12-15-27)13-16-28(18-21-4-3-17-31-21)22-5-1-2-6-23(22)30-25/h1-10,17H,11-16,18H2. The van der Waals surface area contributed by atoms with Gasteiger partial charge in [-0.1, -0.05) is 18.2 Å². The van der Waals surface area contributed by atoms with Crippen LogP contribution >= 0.6 is 11.3 Å². The number of fused-ring (bicyclic) bond motifs is 1. The Morgan fingerprint density at radius 1 is 0.968 bits per heavy atom. The van der Waals surface area contributed by atoms with E-state index in [0.29, 0.717) is 18.7 Å². The molecule has 1 amide bonds. The first-order valence-electron chi connectivity index (χ1n) is 10.7. The minimum absolute atomic E-state index is 0.0387. The van der Waals surface area contributed by atoms with Gasteiger partial charge in [-0.3, -0.25) is 4.79 Å². The minimum Gasteiger partial charge on any atom is -0.485 e. The Morgan fingerprint density at radius 2 is 1.71 bits per heavy atom. The number of benzene rings is 2. The van der Waals surface area contributed by atoms with Gasteiger partial charge in [0.1, 0.15) is 17.2 Å². The van der Waals surface area contributed by atoms with E-state index in [0.717, 1.165) is 43.8 Å². The molecule has 3 aromatic rings. The van der Waals surface area contributed by atoms with Crippen LogP contribution < -0.4 is 9.64 Å². The fourth-order valence-corrected chi connectivity index (χ4v) is 5.27. The van der Waals surface area contributed by atoms with E-state index in [4.69, 9.17) is 4.74 Å². The summed E-state index contributed by atoms with van der Waals surface area (Å²) in [5.41, 5.74) is 1.41. The van der Waals surface area contributed by atoms with Gasteiger partial charge in [0.05, 0.1) is 12.2 Å². The first-order chi connectivity index (χ1) is 15.1. The fraction of sp³-hybridized carbons (Fsp3) is 0.320. The van der Waals surface area contributed by atoms with Crippen LogP contribution in [0.4, 0.5) is 10.1 Å². The molecular formula is C25H25FN2O2S. The van der Waals surface area contributed by atoms with E-state index in [2.05, 4.69) is 40.6 Å². The summed E-state index contributed by atoms with van der Waals surface area (Å²) >= 11 is 1.78. The Kier molecular flexibility index (Phi) is 5.40. The SMILES string of the molecule is O=C(c1ccc(F)cc1)N1CCC2(CC1)CCN(Cc1cccs1)c1ccccc1O2. The van der Waals surface area contributed by atoms with Crippen LogP contribution in [0.1, 0.15) is 34.5 Å². The molecule has 4 nitrogen and oxygen atoms in total. The zero-order valence-corrected chi connectivity index (χ0v) is 18.1. The first-order valence-corrected chi connectivity index (χ1v) is 11.6. The van der Waals surface area contributed by atoms with Gasteiger partial charge >= 0.3 is 0 Å². The minimum atomic E-state index is -0.327. The van der Waals surface area contributed by atoms with Crippen molar-refractivity contribution in [2.24, 2.45) is 0 Å². The number of hydrogen-bond acceptors (Lipinski definition) is 4. The Bertz CT molecular complexity index is 1040. The number of nitrogens with zero attached hydrogens (tertiary/aromatic N) is 2. The molecule has 5 rings (SSSR count). The van der Waals surface area contributed by atoms with Crippen molar-refractivity contribution >= 4 is 22.9 Å². The van der Waals surface area contributed by atoms with E-state index in [9.17, 15) is 9.18 Å². The van der Waals surface area contributed by atoms with Crippen molar-refractivity contribution in [3.63, 3.8) is 0 Å². The third kappa shape index (κ3) is 4.17. The number of thiophene rings is 1. The Labute approximate surface area is 185 Å². The predicted octanol–water partition coefficient (Wildman–Crippen LogP) is 5.35. The zero-order valence-electron chi connectivity index (χ0n) is 17.3. The van der Waals surface area contributed by atoms with Gasteiger partial charge < -0.3 is 14.5 Å². The largest absolute Gasteiger partial charge is 0.485 e. The van der Waals surface area contributed by atoms with E-state index >= 15 is 0 Å². The van der Waals surface area contributed by atoms with E-state index in [1.807, 2.05) is 11.0 Å². The zero-order chi connectivity index (χ0) is 21.3. The molecule has 2 aliphatic heterocycles. The molecule has 0 aliphatic carbocycles. The lowest BCUT2D eigenvalue weighted by Gasteiger charge is -2.41. The molecule has 0 bridgehead atoms. The Balaban J connectivity index is 1.31. The van der Waals surface area contributed by atoms with Gasteiger partial charge in [0.2, 0.25) is 0 Å². The molecule has 1 saturated heterocycles. The number of halogens is 1. The first kappa shape index (κ1) is 20.1. The van der Waals surface area contributed by atoms with Crippen molar-refractivity contribution in [3.8, 4) is 5.75 Å². The highest BCUT2D eigenvalue weighted by Crippen LogP contribution is 2.41. The summed E-state index contributed by atoms with van der Waals surface area (Å²) < 4.78 is 19.9. The molecule has 0 saturated carbocycles. The number of rotatable bonds is 3. The highest BCUT2D eigenvalue weighted by molar-refractivity contribution is 7.09. The highest BCUT2D eigenvalue weighted by atomic mass is 32.1. The van der Waals surface area contributed by atoms with Crippen LogP contribution in [-0.4, -0.2) is 36.0 Å². The monoisotopic (exact) mass is 436 g/mol. The van der Waals surface area contributed by atoms with Crippen molar-refractivity contribution in [2.45, 2.75) is 31.4 Å². The summed E-state index contributed by atoms with van der Waals surface area (Å²) in [7, 11) is 0. The molecule has 2 aromatic carbocycles. The molecule has 0 N–H and O–H groups in total. The molecule has 1 aromatic heterocycles. The number of likely N-dealkylation sites (tertiary alicyclic amines) is 1. The molecule has 1 spiro atoms. The van der Waals surface area contributed by atoms with Crippen molar-refractivity contribution in [1.82, 2.24) is 4.90 Å². The highest BCUT2D eigenvalue weighted by Gasteiger charge is 2.40. The summed E-state index contributed by atoms with van der Waals surface area (Å²) in [6, 6.07) is 18.3. The maximum Gasteiger partial charge on any atom is 0.253 e. The molecular weight excluding hydrogens is 411 g/mol. The third-order valence-electron chi connectivity index (χ3n) is 6.35. The lowest BCUT2D eigenvalue weighted by atomic mass is 9.87. The average molecular weight is 437 g/mol. The second-order valence-electron chi connectivity index (χ2n) is 8.30. The molecule has 1 fully saturated rings. The predicted molar refractivity (Wildman–Crippen MR) is 121 cm³/mol. The normalized spacial score (nSPS) is 17.7. The van der Waals surface area contributed by atoms with Crippen LogP contribution in [-0.2, 0) is 6.54 Å². The van der Waals surface area contributed by atoms with Gasteiger partial charge in [-0.05, 0) is 47.8 Å². The van der Waals surface area contributed by atoms with Gasteiger partial charge in [-0.25, -0.2) is 4.39 Å². The second kappa shape index (κ2) is 8.35. The van der Waals surface area contributed by atoms with Crippen molar-refractivity contribution < 1.29 is 13.9 Å². The van der Waals surface area contributed by atoms with E-state index < -0.39 is 0 Å². The van der Waals surface area contributed by atoms with Crippen LogP contribution in [0.3, 0.4) is 0 Å². The van der Waals surface area contributed by atoms with Gasteiger partial charge in [-0.15, -0.1) is 11.3 Å². The topological polar surface area (TPSA) is 32.8 Å². The van der Waals surface area contributed by atoms with Crippen LogP contribution in [0.5, 0.6) is 5.75 Å². The van der Waals surface area contributed by atoms with Gasteiger partial charge in [0, 0.05) is 49.3 Å². The molecule has 31 heavy (non-hydrogen) atoms. The molecule has 2 aliphatic rings. The summed E-state index contributed by atoms with van der Waals surface area (Å²) in [5.74, 6) is 0.560. The second-order valence-corrected chi connectivity index (χ2v) is 9.34. The van der Waals surface area contributed by atoms with Crippen molar-refractivity contribution in [1.29, 1.82) is 0 Å². The molecule has 3 heterocycles. The molecule has 0 unspecified atom stereocenters. The van der Waals surface area contributed by atoms with Gasteiger partial charge in [0.25, 0.3) is 5.91 Å². The summed E-state index contributed by atoms with van der Waals surface area (Å²) in [6.45, 7) is 3.08. The fourth-order valence-electron chi connectivity index (χ4n) is 4.55. The Morgan fingerprint density at radius 3 is 2.45 bits per heavy atom. The van der Waals surface area contributed by atoms with Crippen LogP contribution in [0, 0.1) is 5.82 Å². The molecule has 6 heteroatoms. The Hall–Kier alpha value is -2.86. The number of ether oxygens (including phenoxy) is 1. The summed E-state index contributed by atoms with van der Waals surface area (Å²) in [5, 5.41) is 2.12. The smallest absolute Gasteiger partial charge is 0.253 e. The number of piperidine rings is 1. The number of carbonyl (C=O) groups excluding carboxylic acids is 1. The summed E-state index contributed by atoms with van der Waals surface area (Å²) in [6.07, 6.45) is 2.51. The lowest BCUT2D eigenvalue weighted by molar-refractivity contribution is 0.00239. The maximum atomic E-state index is 13.2. The molecule has 0 radical (unpaired) electrons. The average Bonchev–Trinajstić information content (AvgIpc) is 3.26. The van der Waals surface area contributed by atoms with Gasteiger partial charge in [0.15, 0.2) is 0 Å². The van der Waals surface area contributed by atoms with Crippen LogP contribution in [0.2, 0.25) is 0 Å². The van der Waals surface area contributed by atoms with Crippen LogP contribution in [0.25, 0.3) is 0 Å². The van der Waals surface area contributed by atoms with Gasteiger partial charge in [-0.2, -0.15) is 0 Å². The molecule has 160 valence electrons. The number of amides is 1. The maximum absolute atomic E-state index is 13.2. The van der Waals surface area contributed by atoms with E-state index in [1.54, 1.807) is 23.5 Å². The van der Waals surface area contributed by atoms with Crippen LogP contribution in [0.15, 0.2) is 66.0 Å². The van der Waals surface area contributed by atoms with Crippen molar-refractivity contribution in [3.05, 3.63) is 82.3 Å². The van der Waals surface area contributed by atoms with Crippen molar-refractivity contribution in [2.75, 3.05) is 24.5 Å².